The van der Waals surface area contributed by atoms with Crippen LogP contribution in [0.15, 0.2) is 130 Å². The highest BCUT2D eigenvalue weighted by Gasteiger charge is 2.59. The Morgan fingerprint density at radius 2 is 1.52 bits per heavy atom. The van der Waals surface area contributed by atoms with Crippen molar-refractivity contribution in [2.45, 2.75) is 89.9 Å². The van der Waals surface area contributed by atoms with Crippen molar-refractivity contribution in [3.05, 3.63) is 142 Å². The van der Waals surface area contributed by atoms with Crippen LogP contribution in [-0.4, -0.2) is 73.5 Å². The predicted molar refractivity (Wildman–Crippen MR) is 245 cm³/mol. The maximum absolute atomic E-state index is 14.7. The van der Waals surface area contributed by atoms with E-state index < -0.39 is 20.2 Å². The van der Waals surface area contributed by atoms with Crippen LogP contribution in [0.1, 0.15) is 77.3 Å². The van der Waals surface area contributed by atoms with Crippen molar-refractivity contribution in [3.8, 4) is 5.75 Å². The molecule has 9 heteroatoms. The molecule has 0 unspecified atom stereocenters. The summed E-state index contributed by atoms with van der Waals surface area (Å²) in [5.41, 5.74) is 5.59. The summed E-state index contributed by atoms with van der Waals surface area (Å²) in [7, 11) is -2.91. The van der Waals surface area contributed by atoms with Gasteiger partial charge in [0, 0.05) is 41.6 Å². The standard InChI is InChI=1S/C51H59BrN2O5Si/c1-5-35(29-37-30-39(52)22-23-45(37)55)21-24-46-47-38(33-59-60(51(2,3)4,41-17-11-7-12-18-41)42-19-13-8-14-20-42)31-43-48(44(47)34-58-46)50(57)54(49(43)56)40-25-27-53(28-26-40)32-36-15-9-6-10-16-36/h6-20,22-23,29-30,40,43-44,46,48,55H,5,21,24-28,31-34H2,1-4H3/b35-29+/t43-,44+,46-,48-/m1/s1. The Bertz CT molecular complexity index is 2170. The van der Waals surface area contributed by atoms with Crippen molar-refractivity contribution in [2.24, 2.45) is 17.8 Å². The number of rotatable bonds is 13. The molecule has 0 spiro atoms. The van der Waals surface area contributed by atoms with Gasteiger partial charge in [-0.05, 0) is 88.8 Å². The number of aromatic hydroxyl groups is 1. The van der Waals surface area contributed by atoms with Gasteiger partial charge in [0.25, 0.3) is 8.32 Å². The fourth-order valence-corrected chi connectivity index (χ4v) is 15.6. The van der Waals surface area contributed by atoms with Gasteiger partial charge in [-0.1, -0.05) is 146 Å². The number of ether oxygens (including phenoxy) is 1. The molecule has 8 rings (SSSR count). The van der Waals surface area contributed by atoms with Gasteiger partial charge in [-0.3, -0.25) is 19.4 Å². The maximum Gasteiger partial charge on any atom is 0.261 e. The van der Waals surface area contributed by atoms with Crippen LogP contribution in [-0.2, 0) is 25.3 Å². The molecule has 3 saturated heterocycles. The number of amides is 2. The number of fused-ring (bicyclic) bond motifs is 3. The van der Waals surface area contributed by atoms with E-state index in [0.29, 0.717) is 19.6 Å². The Kier molecular flexibility index (Phi) is 12.8. The van der Waals surface area contributed by atoms with Crippen molar-refractivity contribution in [1.82, 2.24) is 9.80 Å². The van der Waals surface area contributed by atoms with E-state index in [0.717, 1.165) is 67.3 Å². The zero-order valence-corrected chi connectivity index (χ0v) is 38.1. The lowest BCUT2D eigenvalue weighted by Gasteiger charge is -2.44. The fourth-order valence-electron chi connectivity index (χ4n) is 10.7. The molecular formula is C51H59BrN2O5Si. The molecule has 3 fully saturated rings. The number of halogens is 1. The first-order chi connectivity index (χ1) is 29.0. The van der Waals surface area contributed by atoms with E-state index in [9.17, 15) is 14.7 Å². The minimum atomic E-state index is -2.91. The molecule has 4 aromatic rings. The van der Waals surface area contributed by atoms with Gasteiger partial charge < -0.3 is 14.3 Å². The molecule has 1 aliphatic carbocycles. The largest absolute Gasteiger partial charge is 0.507 e. The van der Waals surface area contributed by atoms with Crippen molar-refractivity contribution < 1.29 is 23.9 Å². The van der Waals surface area contributed by atoms with Gasteiger partial charge in [-0.15, -0.1) is 0 Å². The second kappa shape index (κ2) is 18.1. The molecular weight excluding hydrogens is 829 g/mol. The number of phenols is 1. The normalized spacial score (nSPS) is 23.0. The Hall–Kier alpha value is -4.12. The van der Waals surface area contributed by atoms with E-state index in [1.165, 1.54) is 27.1 Å². The number of benzene rings is 4. The molecule has 3 heterocycles. The van der Waals surface area contributed by atoms with Crippen LogP contribution in [0.25, 0.3) is 6.08 Å². The molecule has 4 aromatic carbocycles. The topological polar surface area (TPSA) is 79.3 Å². The van der Waals surface area contributed by atoms with Crippen molar-refractivity contribution in [3.63, 3.8) is 0 Å². The number of carbonyl (C=O) groups excluding carboxylic acids is 2. The number of allylic oxidation sites excluding steroid dienone is 1. The van der Waals surface area contributed by atoms with E-state index >= 15 is 0 Å². The van der Waals surface area contributed by atoms with Crippen LogP contribution in [0.3, 0.4) is 0 Å². The van der Waals surface area contributed by atoms with E-state index in [2.05, 4.69) is 140 Å². The smallest absolute Gasteiger partial charge is 0.261 e. The Balaban J connectivity index is 1.11. The van der Waals surface area contributed by atoms with Crippen LogP contribution < -0.4 is 10.4 Å². The second-order valence-electron chi connectivity index (χ2n) is 18.2. The van der Waals surface area contributed by atoms with E-state index in [4.69, 9.17) is 9.16 Å². The van der Waals surface area contributed by atoms with Crippen LogP contribution >= 0.6 is 15.9 Å². The number of piperidine rings is 1. The summed E-state index contributed by atoms with van der Waals surface area (Å²) in [6.45, 7) is 12.4. The highest BCUT2D eigenvalue weighted by Crippen LogP contribution is 2.51. The van der Waals surface area contributed by atoms with E-state index in [1.807, 2.05) is 18.2 Å². The number of carbonyl (C=O) groups is 2. The minimum Gasteiger partial charge on any atom is -0.507 e. The Labute approximate surface area is 365 Å². The molecule has 0 bridgehead atoms. The average molecular weight is 888 g/mol. The third-order valence-electron chi connectivity index (χ3n) is 13.6. The zero-order chi connectivity index (χ0) is 42.0. The lowest BCUT2D eigenvalue weighted by atomic mass is 9.69. The van der Waals surface area contributed by atoms with Gasteiger partial charge in [-0.2, -0.15) is 0 Å². The van der Waals surface area contributed by atoms with Crippen molar-refractivity contribution >= 4 is 52.5 Å². The molecule has 0 aromatic heterocycles. The molecule has 0 radical (unpaired) electrons. The molecule has 60 heavy (non-hydrogen) atoms. The van der Waals surface area contributed by atoms with E-state index in [1.54, 1.807) is 11.0 Å². The SMILES string of the molecule is CC/C(=C\c1cc(Br)ccc1O)CC[C@H]1OC[C@H]2C1=C(CO[Si](c1ccccc1)(c1ccccc1)C(C)(C)C)C[C@H]1C(=O)N(C3CCN(Cc4ccccc4)CC3)C(=O)[C@H]12. The predicted octanol–water partition coefficient (Wildman–Crippen LogP) is 9.29. The Morgan fingerprint density at radius 1 is 0.883 bits per heavy atom. The van der Waals surface area contributed by atoms with Gasteiger partial charge in [-0.25, -0.2) is 0 Å². The fraction of sp³-hybridized carbons (Fsp3) is 0.412. The van der Waals surface area contributed by atoms with Crippen LogP contribution in [0.5, 0.6) is 5.75 Å². The van der Waals surface area contributed by atoms with Gasteiger partial charge in [0.1, 0.15) is 5.75 Å². The summed E-state index contributed by atoms with van der Waals surface area (Å²) in [5, 5.41) is 12.9. The summed E-state index contributed by atoms with van der Waals surface area (Å²) in [6.07, 6.45) is 6.33. The van der Waals surface area contributed by atoms with Crippen LogP contribution in [0.2, 0.25) is 5.04 Å². The lowest BCUT2D eigenvalue weighted by molar-refractivity contribution is -0.144. The average Bonchev–Trinajstić information content (AvgIpc) is 3.79. The summed E-state index contributed by atoms with van der Waals surface area (Å²) < 4.78 is 15.3. The van der Waals surface area contributed by atoms with E-state index in [-0.39, 0.29) is 40.7 Å². The highest BCUT2D eigenvalue weighted by atomic mass is 79.9. The van der Waals surface area contributed by atoms with Gasteiger partial charge >= 0.3 is 0 Å². The number of hydrogen-bond acceptors (Lipinski definition) is 6. The molecule has 1 N–H and O–H groups in total. The molecule has 2 amide bonds. The van der Waals surface area contributed by atoms with Crippen LogP contribution in [0.4, 0.5) is 0 Å². The molecule has 314 valence electrons. The minimum absolute atomic E-state index is 0.00974. The quantitative estimate of drug-likeness (QED) is 0.0820. The maximum atomic E-state index is 14.7. The summed E-state index contributed by atoms with van der Waals surface area (Å²) in [5.74, 6) is -0.780. The Morgan fingerprint density at radius 3 is 2.13 bits per heavy atom. The highest BCUT2D eigenvalue weighted by molar-refractivity contribution is 9.10. The lowest BCUT2D eigenvalue weighted by Crippen LogP contribution is -2.66. The van der Waals surface area contributed by atoms with Gasteiger partial charge in [0.05, 0.1) is 31.2 Å². The third-order valence-corrected chi connectivity index (χ3v) is 19.1. The zero-order valence-electron chi connectivity index (χ0n) is 35.5. The molecule has 7 nitrogen and oxygen atoms in total. The molecule has 4 aliphatic rings. The molecule has 4 atom stereocenters. The third kappa shape index (κ3) is 8.40. The summed E-state index contributed by atoms with van der Waals surface area (Å²) >= 11 is 3.56. The number of hydrogen-bond donors (Lipinski definition) is 1. The van der Waals surface area contributed by atoms with Crippen molar-refractivity contribution in [1.29, 1.82) is 0 Å². The molecule has 0 saturated carbocycles. The first-order valence-corrected chi connectivity index (χ1v) is 24.6. The first kappa shape index (κ1) is 42.6. The number of nitrogens with zero attached hydrogens (tertiary/aromatic N) is 2. The van der Waals surface area contributed by atoms with Crippen LogP contribution in [0, 0.1) is 17.8 Å². The van der Waals surface area contributed by atoms with Crippen molar-refractivity contribution in [2.75, 3.05) is 26.3 Å². The molecule has 3 aliphatic heterocycles. The van der Waals surface area contributed by atoms with Gasteiger partial charge in [0.15, 0.2) is 0 Å². The number of imide groups is 1. The summed E-state index contributed by atoms with van der Waals surface area (Å²) in [6, 6.07) is 37.3. The second-order valence-corrected chi connectivity index (χ2v) is 23.4. The number of phenolic OH excluding ortho intramolecular Hbond substituents is 1. The monoisotopic (exact) mass is 886 g/mol. The number of likely N-dealkylation sites (tertiary alicyclic amines) is 2. The first-order valence-electron chi connectivity index (χ1n) is 21.9. The summed E-state index contributed by atoms with van der Waals surface area (Å²) in [4.78, 5) is 33.5. The van der Waals surface area contributed by atoms with Gasteiger partial charge in [0.2, 0.25) is 11.8 Å².